The summed E-state index contributed by atoms with van der Waals surface area (Å²) in [5.41, 5.74) is 0.319. The lowest BCUT2D eigenvalue weighted by Crippen LogP contribution is -2.31. The maximum Gasteiger partial charge on any atom is 0.267 e. The number of nitrogens with one attached hydrogen (secondary N) is 1. The molecule has 1 saturated heterocycles. The van der Waals surface area contributed by atoms with E-state index in [1.807, 2.05) is 6.92 Å². The van der Waals surface area contributed by atoms with Gasteiger partial charge in [-0.2, -0.15) is 0 Å². The van der Waals surface area contributed by atoms with Gasteiger partial charge in [-0.15, -0.1) is 0 Å². The third-order valence-corrected chi connectivity index (χ3v) is 4.35. The molecule has 0 saturated carbocycles. The molecule has 1 aromatic heterocycles. The molecule has 0 spiro atoms. The minimum absolute atomic E-state index is 0.0368. The summed E-state index contributed by atoms with van der Waals surface area (Å²) in [5.74, 6) is 0.0338. The predicted molar refractivity (Wildman–Crippen MR) is 77.4 cm³/mol. The number of carbonyl (C=O) groups excluding carboxylic acids is 1. The van der Waals surface area contributed by atoms with Gasteiger partial charge in [0.25, 0.3) is 5.91 Å². The highest BCUT2D eigenvalue weighted by molar-refractivity contribution is 7.89. The smallest absolute Gasteiger partial charge is 0.267 e. The standard InChI is InChI=1S/C13H21N3O4S/c1-2-4-16-8-11(21(14,18)19)6-12(16)13(17)15-7-10-3-5-20-9-10/h6,8,10H,2-5,7,9H2,1H3,(H,15,17)(H2,14,18,19). The van der Waals surface area contributed by atoms with Gasteiger partial charge in [0.2, 0.25) is 10.0 Å². The molecule has 2 rings (SSSR count). The molecule has 1 aliphatic heterocycles. The Morgan fingerprint density at radius 1 is 1.57 bits per heavy atom. The SMILES string of the molecule is CCCn1cc(S(N)(=O)=O)cc1C(=O)NCC1CCOC1. The van der Waals surface area contributed by atoms with Crippen LogP contribution in [0.25, 0.3) is 0 Å². The summed E-state index contributed by atoms with van der Waals surface area (Å²) in [6.45, 7) is 4.42. The van der Waals surface area contributed by atoms with Gasteiger partial charge in [-0.1, -0.05) is 6.92 Å². The number of carbonyl (C=O) groups is 1. The first kappa shape index (κ1) is 16.0. The maximum absolute atomic E-state index is 12.2. The second-order valence-electron chi connectivity index (χ2n) is 5.24. The molecule has 1 aliphatic rings. The molecule has 0 radical (unpaired) electrons. The molecule has 118 valence electrons. The Labute approximate surface area is 124 Å². The molecular formula is C13H21N3O4S. The van der Waals surface area contributed by atoms with Crippen LogP contribution in [0.3, 0.4) is 0 Å². The van der Waals surface area contributed by atoms with Crippen LogP contribution in [-0.4, -0.2) is 38.7 Å². The Morgan fingerprint density at radius 3 is 2.90 bits per heavy atom. The Balaban J connectivity index is 2.12. The van der Waals surface area contributed by atoms with Crippen LogP contribution in [-0.2, 0) is 21.3 Å². The van der Waals surface area contributed by atoms with E-state index in [9.17, 15) is 13.2 Å². The molecule has 8 heteroatoms. The van der Waals surface area contributed by atoms with E-state index >= 15 is 0 Å². The summed E-state index contributed by atoms with van der Waals surface area (Å²) in [6, 6.07) is 1.32. The number of nitrogens with zero attached hydrogens (tertiary/aromatic N) is 1. The van der Waals surface area contributed by atoms with Crippen molar-refractivity contribution in [2.24, 2.45) is 11.1 Å². The molecule has 1 atom stereocenters. The molecule has 21 heavy (non-hydrogen) atoms. The first-order valence-corrected chi connectivity index (χ1v) is 8.55. The molecular weight excluding hydrogens is 294 g/mol. The van der Waals surface area contributed by atoms with Gasteiger partial charge in [-0.25, -0.2) is 13.6 Å². The first-order chi connectivity index (χ1) is 9.91. The van der Waals surface area contributed by atoms with Crippen molar-refractivity contribution >= 4 is 15.9 Å². The second kappa shape index (κ2) is 6.59. The van der Waals surface area contributed by atoms with E-state index in [2.05, 4.69) is 5.32 Å². The van der Waals surface area contributed by atoms with Crippen LogP contribution >= 0.6 is 0 Å². The van der Waals surface area contributed by atoms with Crippen LogP contribution in [0.2, 0.25) is 0 Å². The number of aromatic nitrogens is 1. The number of primary sulfonamides is 1. The molecule has 7 nitrogen and oxygen atoms in total. The third-order valence-electron chi connectivity index (χ3n) is 3.47. The second-order valence-corrected chi connectivity index (χ2v) is 6.80. The molecule has 2 heterocycles. The monoisotopic (exact) mass is 315 g/mol. The normalized spacial score (nSPS) is 18.9. The highest BCUT2D eigenvalue weighted by atomic mass is 32.2. The number of amides is 1. The van der Waals surface area contributed by atoms with E-state index < -0.39 is 10.0 Å². The van der Waals surface area contributed by atoms with Crippen LogP contribution in [0.4, 0.5) is 0 Å². The van der Waals surface area contributed by atoms with Crippen molar-refractivity contribution in [1.29, 1.82) is 0 Å². The third kappa shape index (κ3) is 4.05. The fourth-order valence-electron chi connectivity index (χ4n) is 2.33. The topological polar surface area (TPSA) is 103 Å². The van der Waals surface area contributed by atoms with Crippen molar-refractivity contribution in [3.63, 3.8) is 0 Å². The van der Waals surface area contributed by atoms with Gasteiger partial charge < -0.3 is 14.6 Å². The van der Waals surface area contributed by atoms with Gasteiger partial charge in [0.1, 0.15) is 10.6 Å². The molecule has 0 bridgehead atoms. The van der Waals surface area contributed by atoms with Gasteiger partial charge in [-0.3, -0.25) is 4.79 Å². The lowest BCUT2D eigenvalue weighted by molar-refractivity contribution is 0.0935. The number of rotatable bonds is 6. The van der Waals surface area contributed by atoms with E-state index in [1.165, 1.54) is 12.3 Å². The number of aryl methyl sites for hydroxylation is 1. The summed E-state index contributed by atoms with van der Waals surface area (Å²) < 4.78 is 29.7. The Bertz CT molecular complexity index is 603. The van der Waals surface area contributed by atoms with E-state index in [-0.39, 0.29) is 10.8 Å². The highest BCUT2D eigenvalue weighted by Gasteiger charge is 2.21. The number of sulfonamides is 1. The Hall–Kier alpha value is -1.38. The average Bonchev–Trinajstić information content (AvgIpc) is 3.04. The van der Waals surface area contributed by atoms with Gasteiger partial charge in [0, 0.05) is 31.8 Å². The van der Waals surface area contributed by atoms with Crippen molar-refractivity contribution in [2.45, 2.75) is 31.2 Å². The predicted octanol–water partition coefficient (Wildman–Crippen LogP) is 0.312. The van der Waals surface area contributed by atoms with E-state index in [0.29, 0.717) is 31.3 Å². The Morgan fingerprint density at radius 2 is 2.33 bits per heavy atom. The van der Waals surface area contributed by atoms with Gasteiger partial charge in [-0.05, 0) is 18.9 Å². The van der Waals surface area contributed by atoms with Gasteiger partial charge in [0.05, 0.1) is 6.61 Å². The number of nitrogens with two attached hydrogens (primary N) is 1. The minimum Gasteiger partial charge on any atom is -0.381 e. The molecule has 1 unspecified atom stereocenters. The zero-order chi connectivity index (χ0) is 15.5. The zero-order valence-electron chi connectivity index (χ0n) is 12.0. The van der Waals surface area contributed by atoms with Crippen molar-refractivity contribution in [3.8, 4) is 0 Å². The summed E-state index contributed by atoms with van der Waals surface area (Å²) in [4.78, 5) is 12.2. The van der Waals surface area contributed by atoms with Crippen LogP contribution in [0.1, 0.15) is 30.3 Å². The van der Waals surface area contributed by atoms with Crippen molar-refractivity contribution in [2.75, 3.05) is 19.8 Å². The lowest BCUT2D eigenvalue weighted by Gasteiger charge is -2.11. The summed E-state index contributed by atoms with van der Waals surface area (Å²) in [6.07, 6.45) is 3.13. The molecule has 3 N–H and O–H groups in total. The summed E-state index contributed by atoms with van der Waals surface area (Å²) in [5, 5.41) is 7.95. The largest absolute Gasteiger partial charge is 0.381 e. The summed E-state index contributed by atoms with van der Waals surface area (Å²) in [7, 11) is -3.81. The minimum atomic E-state index is -3.81. The molecule has 1 amide bonds. The fourth-order valence-corrected chi connectivity index (χ4v) is 2.88. The van der Waals surface area contributed by atoms with Gasteiger partial charge in [0.15, 0.2) is 0 Å². The number of ether oxygens (including phenoxy) is 1. The van der Waals surface area contributed by atoms with Crippen molar-refractivity contribution in [1.82, 2.24) is 9.88 Å². The summed E-state index contributed by atoms with van der Waals surface area (Å²) >= 11 is 0. The van der Waals surface area contributed by atoms with E-state index in [4.69, 9.17) is 9.88 Å². The lowest BCUT2D eigenvalue weighted by atomic mass is 10.1. The van der Waals surface area contributed by atoms with Crippen molar-refractivity contribution in [3.05, 3.63) is 18.0 Å². The van der Waals surface area contributed by atoms with Crippen LogP contribution < -0.4 is 10.5 Å². The van der Waals surface area contributed by atoms with Crippen LogP contribution in [0.5, 0.6) is 0 Å². The molecule has 1 fully saturated rings. The van der Waals surface area contributed by atoms with E-state index in [0.717, 1.165) is 19.4 Å². The molecule has 0 aromatic carbocycles. The van der Waals surface area contributed by atoms with E-state index in [1.54, 1.807) is 4.57 Å². The fraction of sp³-hybridized carbons (Fsp3) is 0.615. The maximum atomic E-state index is 12.2. The quantitative estimate of drug-likeness (QED) is 0.788. The zero-order valence-corrected chi connectivity index (χ0v) is 12.9. The molecule has 0 aliphatic carbocycles. The number of hydrogen-bond acceptors (Lipinski definition) is 4. The van der Waals surface area contributed by atoms with Crippen molar-refractivity contribution < 1.29 is 17.9 Å². The highest BCUT2D eigenvalue weighted by Crippen LogP contribution is 2.15. The number of hydrogen-bond donors (Lipinski definition) is 2. The average molecular weight is 315 g/mol. The Kier molecular flexibility index (Phi) is 5.02. The van der Waals surface area contributed by atoms with Gasteiger partial charge >= 0.3 is 0 Å². The first-order valence-electron chi connectivity index (χ1n) is 7.00. The molecule has 1 aromatic rings. The van der Waals surface area contributed by atoms with Crippen LogP contribution in [0.15, 0.2) is 17.2 Å². The van der Waals surface area contributed by atoms with Crippen LogP contribution in [0, 0.1) is 5.92 Å².